The van der Waals surface area contributed by atoms with Crippen LogP contribution in [0.3, 0.4) is 0 Å². The summed E-state index contributed by atoms with van der Waals surface area (Å²) in [6.07, 6.45) is -0.0869. The highest BCUT2D eigenvalue weighted by Crippen LogP contribution is 2.33. The van der Waals surface area contributed by atoms with Gasteiger partial charge < -0.3 is 10.4 Å². The van der Waals surface area contributed by atoms with E-state index in [0.29, 0.717) is 0 Å². The molecule has 0 atom stereocenters. The van der Waals surface area contributed by atoms with Gasteiger partial charge in [0, 0.05) is 6.42 Å². The maximum Gasteiger partial charge on any atom is 0.225 e. The van der Waals surface area contributed by atoms with Gasteiger partial charge in [0.1, 0.15) is 10.6 Å². The van der Waals surface area contributed by atoms with E-state index < -0.39 is 9.84 Å². The van der Waals surface area contributed by atoms with Crippen molar-refractivity contribution in [1.29, 1.82) is 0 Å². The normalized spacial score (nSPS) is 18.8. The van der Waals surface area contributed by atoms with Crippen molar-refractivity contribution in [2.24, 2.45) is 0 Å². The van der Waals surface area contributed by atoms with Gasteiger partial charge in [-0.05, 0) is 12.1 Å². The zero-order chi connectivity index (χ0) is 11.1. The van der Waals surface area contributed by atoms with Gasteiger partial charge >= 0.3 is 0 Å². The lowest BCUT2D eigenvalue weighted by atomic mass is 10.3. The third-order valence-corrected chi connectivity index (χ3v) is 3.97. The minimum Gasteiger partial charge on any atom is -0.507 e. The molecule has 1 aliphatic rings. The van der Waals surface area contributed by atoms with Crippen LogP contribution in [0, 0.1) is 0 Å². The summed E-state index contributed by atoms with van der Waals surface area (Å²) >= 11 is 0. The second-order valence-corrected chi connectivity index (χ2v) is 5.32. The predicted octanol–water partition coefficient (Wildman–Crippen LogP) is 0.508. The lowest BCUT2D eigenvalue weighted by Gasteiger charge is -2.07. The summed E-state index contributed by atoms with van der Waals surface area (Å²) in [7, 11) is -3.58. The molecule has 5 nitrogen and oxygen atoms in total. The number of aromatic hydroxyl groups is 1. The molecular formula is C9H9NO4S. The second kappa shape index (κ2) is 3.23. The van der Waals surface area contributed by atoms with Gasteiger partial charge in [0.25, 0.3) is 0 Å². The van der Waals surface area contributed by atoms with Crippen molar-refractivity contribution in [2.45, 2.75) is 11.3 Å². The maximum absolute atomic E-state index is 11.7. The first-order chi connectivity index (χ1) is 7.00. The summed E-state index contributed by atoms with van der Waals surface area (Å²) in [5.74, 6) is -0.957. The van der Waals surface area contributed by atoms with E-state index in [1.807, 2.05) is 0 Å². The molecule has 0 saturated heterocycles. The van der Waals surface area contributed by atoms with Crippen LogP contribution < -0.4 is 5.32 Å². The van der Waals surface area contributed by atoms with Crippen LogP contribution in [0.4, 0.5) is 5.69 Å². The Kier molecular flexibility index (Phi) is 2.15. The highest BCUT2D eigenvalue weighted by Gasteiger charge is 2.27. The van der Waals surface area contributed by atoms with Crippen molar-refractivity contribution < 1.29 is 18.3 Å². The monoisotopic (exact) mass is 227 g/mol. The highest BCUT2D eigenvalue weighted by molar-refractivity contribution is 7.91. The van der Waals surface area contributed by atoms with Crippen molar-refractivity contribution in [3.8, 4) is 5.75 Å². The molecule has 6 heteroatoms. The molecule has 80 valence electrons. The minimum absolute atomic E-state index is 0.0869. The lowest BCUT2D eigenvalue weighted by molar-refractivity contribution is -0.115. The number of phenolic OH excluding ortho intramolecular Hbond substituents is 1. The van der Waals surface area contributed by atoms with E-state index in [0.717, 1.165) is 0 Å². The lowest BCUT2D eigenvalue weighted by Crippen LogP contribution is -2.10. The van der Waals surface area contributed by atoms with Crippen LogP contribution in [-0.4, -0.2) is 25.2 Å². The molecule has 1 aliphatic heterocycles. The molecule has 0 bridgehead atoms. The second-order valence-electron chi connectivity index (χ2n) is 3.27. The molecule has 1 aromatic rings. The van der Waals surface area contributed by atoms with Crippen LogP contribution in [0.15, 0.2) is 23.1 Å². The molecule has 15 heavy (non-hydrogen) atoms. The Bertz CT molecular complexity index is 521. The highest BCUT2D eigenvalue weighted by atomic mass is 32.2. The van der Waals surface area contributed by atoms with E-state index in [9.17, 15) is 18.3 Å². The average Bonchev–Trinajstić information content (AvgIpc) is 2.25. The topological polar surface area (TPSA) is 83.5 Å². The van der Waals surface area contributed by atoms with E-state index >= 15 is 0 Å². The number of amides is 1. The average molecular weight is 227 g/mol. The molecule has 2 N–H and O–H groups in total. The molecule has 1 amide bonds. The van der Waals surface area contributed by atoms with Crippen molar-refractivity contribution in [1.82, 2.24) is 0 Å². The van der Waals surface area contributed by atoms with E-state index in [1.54, 1.807) is 0 Å². The van der Waals surface area contributed by atoms with Gasteiger partial charge in [-0.3, -0.25) is 4.79 Å². The van der Waals surface area contributed by atoms with Gasteiger partial charge in [-0.25, -0.2) is 8.42 Å². The molecule has 0 aliphatic carbocycles. The third-order valence-electron chi connectivity index (χ3n) is 2.18. The summed E-state index contributed by atoms with van der Waals surface area (Å²) in [4.78, 5) is 11.0. The first kappa shape index (κ1) is 9.97. The van der Waals surface area contributed by atoms with Gasteiger partial charge in [-0.15, -0.1) is 0 Å². The number of hydrogen-bond acceptors (Lipinski definition) is 4. The number of carbonyl (C=O) groups is 1. The molecule has 0 aromatic heterocycles. The Morgan fingerprint density at radius 1 is 1.33 bits per heavy atom. The number of hydrogen-bond donors (Lipinski definition) is 2. The third kappa shape index (κ3) is 1.68. The fraction of sp³-hybridized carbons (Fsp3) is 0.222. The predicted molar refractivity (Wildman–Crippen MR) is 53.4 cm³/mol. The zero-order valence-electron chi connectivity index (χ0n) is 7.73. The molecule has 0 saturated carbocycles. The molecule has 0 spiro atoms. The summed E-state index contributed by atoms with van der Waals surface area (Å²) < 4.78 is 23.4. The minimum atomic E-state index is -3.58. The molecule has 0 fully saturated rings. The number of sulfone groups is 1. The smallest absolute Gasteiger partial charge is 0.225 e. The van der Waals surface area contributed by atoms with Crippen LogP contribution in [0.1, 0.15) is 6.42 Å². The Balaban J connectivity index is 2.72. The molecule has 1 aromatic carbocycles. The number of fused-ring (bicyclic) bond motifs is 1. The van der Waals surface area contributed by atoms with Crippen molar-refractivity contribution in [3.63, 3.8) is 0 Å². The fourth-order valence-corrected chi connectivity index (χ4v) is 2.99. The van der Waals surface area contributed by atoms with Gasteiger partial charge in [-0.1, -0.05) is 6.07 Å². The Morgan fingerprint density at radius 2 is 2.07 bits per heavy atom. The van der Waals surface area contributed by atoms with Crippen molar-refractivity contribution in [2.75, 3.05) is 11.1 Å². The number of anilines is 1. The van der Waals surface area contributed by atoms with Crippen LogP contribution in [0.2, 0.25) is 0 Å². The first-order valence-electron chi connectivity index (χ1n) is 4.35. The quantitative estimate of drug-likeness (QED) is 0.676. The number of nitrogens with one attached hydrogen (secondary N) is 1. The van der Waals surface area contributed by atoms with E-state index in [2.05, 4.69) is 5.32 Å². The van der Waals surface area contributed by atoms with Crippen LogP contribution in [0.5, 0.6) is 5.75 Å². The van der Waals surface area contributed by atoms with Gasteiger partial charge in [0.15, 0.2) is 9.84 Å². The van der Waals surface area contributed by atoms with Gasteiger partial charge in [0.05, 0.1) is 11.4 Å². The first-order valence-corrected chi connectivity index (χ1v) is 6.00. The van der Waals surface area contributed by atoms with Crippen LogP contribution in [-0.2, 0) is 14.6 Å². The Labute approximate surface area is 86.7 Å². The van der Waals surface area contributed by atoms with E-state index in [1.165, 1.54) is 18.2 Å². The number of phenols is 1. The number of benzene rings is 1. The van der Waals surface area contributed by atoms with Crippen LogP contribution in [0.25, 0.3) is 0 Å². The molecule has 0 radical (unpaired) electrons. The van der Waals surface area contributed by atoms with E-state index in [-0.39, 0.29) is 34.4 Å². The van der Waals surface area contributed by atoms with Gasteiger partial charge in [0.2, 0.25) is 5.91 Å². The molecule has 1 heterocycles. The standard InChI is InChI=1S/C9H9NO4S/c11-7-3-1-2-6-9(7)15(13,14)5-4-8(12)10-6/h1-3,11H,4-5H2,(H,10,12). The number of rotatable bonds is 0. The number of carbonyl (C=O) groups excluding carboxylic acids is 1. The molecule has 2 rings (SSSR count). The summed E-state index contributed by atoms with van der Waals surface area (Å²) in [5, 5.41) is 11.9. The summed E-state index contributed by atoms with van der Waals surface area (Å²) in [5.41, 5.74) is 0.150. The van der Waals surface area contributed by atoms with E-state index in [4.69, 9.17) is 0 Å². The van der Waals surface area contributed by atoms with Crippen LogP contribution >= 0.6 is 0 Å². The van der Waals surface area contributed by atoms with Crippen molar-refractivity contribution in [3.05, 3.63) is 18.2 Å². The fourth-order valence-electron chi connectivity index (χ4n) is 1.49. The summed E-state index contributed by atoms with van der Waals surface area (Å²) in [6.45, 7) is 0. The zero-order valence-corrected chi connectivity index (χ0v) is 8.54. The SMILES string of the molecule is O=C1CCS(=O)(=O)c2c(O)cccc2N1. The summed E-state index contributed by atoms with van der Waals surface area (Å²) in [6, 6.07) is 4.22. The molecule has 0 unspecified atom stereocenters. The molecular weight excluding hydrogens is 218 g/mol. The van der Waals surface area contributed by atoms with Gasteiger partial charge in [-0.2, -0.15) is 0 Å². The Morgan fingerprint density at radius 3 is 2.80 bits per heavy atom. The van der Waals surface area contributed by atoms with Crippen molar-refractivity contribution >= 4 is 21.4 Å². The largest absolute Gasteiger partial charge is 0.507 e. The maximum atomic E-state index is 11.7. The Hall–Kier alpha value is -1.56.